The molecule has 0 atom stereocenters. The van der Waals surface area contributed by atoms with E-state index in [0.29, 0.717) is 44.0 Å². The molecular formula is C24H30FN5O2. The Bertz CT molecular complexity index is 989. The summed E-state index contributed by atoms with van der Waals surface area (Å²) in [6.45, 7) is 5.47. The van der Waals surface area contributed by atoms with Gasteiger partial charge in [-0.05, 0) is 57.0 Å². The molecule has 170 valence electrons. The first kappa shape index (κ1) is 22.3. The Labute approximate surface area is 188 Å². The number of anilines is 1. The lowest BCUT2D eigenvalue weighted by molar-refractivity contribution is -0.130. The Morgan fingerprint density at radius 2 is 1.84 bits per heavy atom. The SMILES string of the molecule is Cc1nc(CN(C)C(=O)CCN2CCCC2)nc2c1CCC(=O)N2Cc1ccc(F)cc1. The second-order valence-corrected chi connectivity index (χ2v) is 8.68. The van der Waals surface area contributed by atoms with Crippen molar-refractivity contribution in [1.82, 2.24) is 19.8 Å². The van der Waals surface area contributed by atoms with Crippen molar-refractivity contribution >= 4 is 17.6 Å². The molecule has 7 nitrogen and oxygen atoms in total. The van der Waals surface area contributed by atoms with Gasteiger partial charge in [0.15, 0.2) is 0 Å². The number of nitrogens with zero attached hydrogens (tertiary/aromatic N) is 5. The average molecular weight is 440 g/mol. The largest absolute Gasteiger partial charge is 0.338 e. The number of hydrogen-bond acceptors (Lipinski definition) is 5. The maximum atomic E-state index is 13.3. The van der Waals surface area contributed by atoms with Crippen molar-refractivity contribution in [3.63, 3.8) is 0 Å². The van der Waals surface area contributed by atoms with Crippen LogP contribution in [-0.2, 0) is 29.1 Å². The summed E-state index contributed by atoms with van der Waals surface area (Å²) in [4.78, 5) is 40.3. The molecule has 3 heterocycles. The molecular weight excluding hydrogens is 409 g/mol. The lowest BCUT2D eigenvalue weighted by atomic mass is 10.0. The molecule has 2 aliphatic rings. The van der Waals surface area contributed by atoms with Crippen LogP contribution in [-0.4, -0.2) is 58.3 Å². The van der Waals surface area contributed by atoms with Crippen molar-refractivity contribution in [2.24, 2.45) is 0 Å². The van der Waals surface area contributed by atoms with Gasteiger partial charge in [-0.2, -0.15) is 0 Å². The molecule has 0 spiro atoms. The normalized spacial score (nSPS) is 16.3. The molecule has 32 heavy (non-hydrogen) atoms. The van der Waals surface area contributed by atoms with Crippen LogP contribution in [0.4, 0.5) is 10.2 Å². The lowest BCUT2D eigenvalue weighted by Crippen LogP contribution is -2.37. The van der Waals surface area contributed by atoms with Gasteiger partial charge in [0.2, 0.25) is 11.8 Å². The number of likely N-dealkylation sites (tertiary alicyclic amines) is 1. The van der Waals surface area contributed by atoms with Crippen molar-refractivity contribution in [2.45, 2.75) is 52.1 Å². The fourth-order valence-corrected chi connectivity index (χ4v) is 4.40. The zero-order valence-electron chi connectivity index (χ0n) is 18.8. The molecule has 2 aliphatic heterocycles. The highest BCUT2D eigenvalue weighted by Gasteiger charge is 2.28. The van der Waals surface area contributed by atoms with Crippen molar-refractivity contribution in [3.8, 4) is 0 Å². The third kappa shape index (κ3) is 5.12. The highest BCUT2D eigenvalue weighted by atomic mass is 19.1. The van der Waals surface area contributed by atoms with Crippen LogP contribution in [0.5, 0.6) is 0 Å². The van der Waals surface area contributed by atoms with Gasteiger partial charge in [0.05, 0.1) is 13.1 Å². The molecule has 1 aromatic carbocycles. The van der Waals surface area contributed by atoms with Gasteiger partial charge in [-0.15, -0.1) is 0 Å². The molecule has 4 rings (SSSR count). The van der Waals surface area contributed by atoms with Crippen molar-refractivity contribution < 1.29 is 14.0 Å². The number of rotatable bonds is 7. The van der Waals surface area contributed by atoms with Crippen LogP contribution >= 0.6 is 0 Å². The number of aryl methyl sites for hydroxylation is 1. The van der Waals surface area contributed by atoms with Crippen molar-refractivity contribution in [2.75, 3.05) is 31.6 Å². The molecule has 0 radical (unpaired) electrons. The maximum Gasteiger partial charge on any atom is 0.228 e. The molecule has 2 aromatic rings. The summed E-state index contributed by atoms with van der Waals surface area (Å²) in [5, 5.41) is 0. The molecule has 1 saturated heterocycles. The van der Waals surface area contributed by atoms with Crippen LogP contribution < -0.4 is 4.90 Å². The summed E-state index contributed by atoms with van der Waals surface area (Å²) in [5.74, 6) is 0.871. The molecule has 8 heteroatoms. The second kappa shape index (κ2) is 9.73. The number of amides is 2. The predicted octanol–water partition coefficient (Wildman–Crippen LogP) is 2.85. The van der Waals surface area contributed by atoms with E-state index in [0.717, 1.165) is 36.5 Å². The zero-order chi connectivity index (χ0) is 22.7. The first-order valence-corrected chi connectivity index (χ1v) is 11.3. The van der Waals surface area contributed by atoms with Gasteiger partial charge in [-0.3, -0.25) is 14.5 Å². The van der Waals surface area contributed by atoms with Gasteiger partial charge < -0.3 is 9.80 Å². The summed E-state index contributed by atoms with van der Waals surface area (Å²) in [6.07, 6.45) is 3.89. The molecule has 1 aromatic heterocycles. The number of aromatic nitrogens is 2. The molecule has 0 aliphatic carbocycles. The standard InChI is InChI=1S/C24H30FN5O2/c1-17-20-9-10-23(32)30(15-18-5-7-19(25)8-6-18)24(20)27-21(26-17)16-28(2)22(31)11-14-29-12-3-4-13-29/h5-8H,3-4,9-16H2,1-2H3. The molecule has 1 fully saturated rings. The Morgan fingerprint density at radius 1 is 1.12 bits per heavy atom. The molecule has 0 unspecified atom stereocenters. The van der Waals surface area contributed by atoms with Crippen LogP contribution in [0.1, 0.15) is 48.3 Å². The van der Waals surface area contributed by atoms with E-state index in [4.69, 9.17) is 4.98 Å². The highest BCUT2D eigenvalue weighted by molar-refractivity contribution is 5.95. The lowest BCUT2D eigenvalue weighted by Gasteiger charge is -2.30. The van der Waals surface area contributed by atoms with Crippen LogP contribution in [0.15, 0.2) is 24.3 Å². The monoisotopic (exact) mass is 439 g/mol. The zero-order valence-corrected chi connectivity index (χ0v) is 18.8. The fourth-order valence-electron chi connectivity index (χ4n) is 4.40. The van der Waals surface area contributed by atoms with Crippen LogP contribution in [0.2, 0.25) is 0 Å². The average Bonchev–Trinajstić information content (AvgIpc) is 3.29. The number of hydrogen-bond donors (Lipinski definition) is 0. The van der Waals surface area contributed by atoms with Gasteiger partial charge in [0.1, 0.15) is 17.5 Å². The summed E-state index contributed by atoms with van der Waals surface area (Å²) >= 11 is 0. The third-order valence-electron chi connectivity index (χ3n) is 6.28. The number of benzene rings is 1. The van der Waals surface area contributed by atoms with Crippen LogP contribution in [0, 0.1) is 12.7 Å². The number of halogens is 1. The molecule has 0 bridgehead atoms. The number of fused-ring (bicyclic) bond motifs is 1. The minimum absolute atomic E-state index is 0.0130. The highest BCUT2D eigenvalue weighted by Crippen LogP contribution is 2.29. The smallest absolute Gasteiger partial charge is 0.228 e. The van der Waals surface area contributed by atoms with Crippen LogP contribution in [0.3, 0.4) is 0 Å². The van der Waals surface area contributed by atoms with Gasteiger partial charge >= 0.3 is 0 Å². The topological polar surface area (TPSA) is 69.6 Å². The minimum atomic E-state index is -0.308. The van der Waals surface area contributed by atoms with E-state index < -0.39 is 0 Å². The van der Waals surface area contributed by atoms with Crippen LogP contribution in [0.25, 0.3) is 0 Å². The van der Waals surface area contributed by atoms with Gasteiger partial charge in [-0.25, -0.2) is 14.4 Å². The second-order valence-electron chi connectivity index (χ2n) is 8.68. The quantitative estimate of drug-likeness (QED) is 0.664. The van der Waals surface area contributed by atoms with Gasteiger partial charge in [0, 0.05) is 37.7 Å². The fraction of sp³-hybridized carbons (Fsp3) is 0.500. The first-order chi connectivity index (χ1) is 15.4. The number of carbonyl (C=O) groups is 2. The van der Waals surface area contributed by atoms with E-state index in [-0.39, 0.29) is 17.6 Å². The first-order valence-electron chi connectivity index (χ1n) is 11.3. The van der Waals surface area contributed by atoms with E-state index in [1.807, 2.05) is 6.92 Å². The third-order valence-corrected chi connectivity index (χ3v) is 6.28. The van der Waals surface area contributed by atoms with E-state index >= 15 is 0 Å². The van der Waals surface area contributed by atoms with E-state index in [1.54, 1.807) is 29.0 Å². The predicted molar refractivity (Wildman–Crippen MR) is 119 cm³/mol. The Morgan fingerprint density at radius 3 is 2.56 bits per heavy atom. The molecule has 0 saturated carbocycles. The maximum absolute atomic E-state index is 13.3. The summed E-state index contributed by atoms with van der Waals surface area (Å²) in [6, 6.07) is 6.14. The summed E-state index contributed by atoms with van der Waals surface area (Å²) in [5.41, 5.74) is 2.62. The molecule has 2 amide bonds. The molecule has 0 N–H and O–H groups in total. The van der Waals surface area contributed by atoms with E-state index in [1.165, 1.54) is 25.0 Å². The minimum Gasteiger partial charge on any atom is -0.338 e. The van der Waals surface area contributed by atoms with E-state index in [9.17, 15) is 14.0 Å². The van der Waals surface area contributed by atoms with Crippen molar-refractivity contribution in [3.05, 3.63) is 52.7 Å². The van der Waals surface area contributed by atoms with Crippen molar-refractivity contribution in [1.29, 1.82) is 0 Å². The van der Waals surface area contributed by atoms with Gasteiger partial charge in [0.25, 0.3) is 0 Å². The Hall–Kier alpha value is -2.87. The van der Waals surface area contributed by atoms with E-state index in [2.05, 4.69) is 9.88 Å². The Balaban J connectivity index is 1.49. The Kier molecular flexibility index (Phi) is 6.79. The summed E-state index contributed by atoms with van der Waals surface area (Å²) in [7, 11) is 1.77. The van der Waals surface area contributed by atoms with Gasteiger partial charge in [-0.1, -0.05) is 12.1 Å². The number of carbonyl (C=O) groups excluding carboxylic acids is 2. The summed E-state index contributed by atoms with van der Waals surface area (Å²) < 4.78 is 13.3.